The minimum Gasteiger partial charge on any atom is -0.393 e. The molecule has 0 heterocycles. The Morgan fingerprint density at radius 3 is 2.21 bits per heavy atom. The summed E-state index contributed by atoms with van der Waals surface area (Å²) in [5.74, 6) is 0. The van der Waals surface area contributed by atoms with Crippen LogP contribution in [0.15, 0.2) is 24.3 Å². The number of rotatable bonds is 1. The number of benzene rings is 1. The van der Waals surface area contributed by atoms with Gasteiger partial charge in [-0.05, 0) is 12.5 Å². The molecule has 0 saturated heterocycles. The normalized spacial score (nSPS) is 30.4. The van der Waals surface area contributed by atoms with E-state index in [1.807, 2.05) is 19.1 Å². The van der Waals surface area contributed by atoms with Gasteiger partial charge in [0.2, 0.25) is 0 Å². The highest BCUT2D eigenvalue weighted by atomic mass is 19.1. The van der Waals surface area contributed by atoms with Gasteiger partial charge in [0.05, 0.1) is 6.10 Å². The second-order valence-corrected chi connectivity index (χ2v) is 3.89. The van der Waals surface area contributed by atoms with Crippen LogP contribution in [-0.2, 0) is 5.67 Å². The summed E-state index contributed by atoms with van der Waals surface area (Å²) in [6, 6.07) is 7.42. The average Bonchev–Trinajstić information content (AvgIpc) is 2.03. The van der Waals surface area contributed by atoms with Crippen molar-refractivity contribution in [2.75, 3.05) is 0 Å². The van der Waals surface area contributed by atoms with Gasteiger partial charge < -0.3 is 5.11 Å². The standard InChI is InChI=1S/C11H13FO.CH4/c1-8-2-4-9(5-3-8)11(12)6-10(13)7-11;/h2-5,10,13H,6-7H2,1H3;1H4. The molecule has 1 saturated carbocycles. The maximum Gasteiger partial charge on any atom is 0.140 e. The van der Waals surface area contributed by atoms with Gasteiger partial charge in [0.25, 0.3) is 0 Å². The molecule has 2 rings (SSSR count). The third-order valence-corrected chi connectivity index (χ3v) is 2.69. The number of aliphatic hydroxyl groups is 1. The SMILES string of the molecule is C.Cc1ccc(C2(F)CC(O)C2)cc1. The first-order valence-corrected chi connectivity index (χ1v) is 4.54. The van der Waals surface area contributed by atoms with Gasteiger partial charge in [-0.15, -0.1) is 0 Å². The van der Waals surface area contributed by atoms with E-state index in [2.05, 4.69) is 0 Å². The summed E-state index contributed by atoms with van der Waals surface area (Å²) >= 11 is 0. The van der Waals surface area contributed by atoms with Gasteiger partial charge in [-0.25, -0.2) is 4.39 Å². The Kier molecular flexibility index (Phi) is 2.95. The molecule has 0 unspecified atom stereocenters. The number of halogens is 1. The molecule has 1 aliphatic rings. The second-order valence-electron chi connectivity index (χ2n) is 3.89. The number of hydrogen-bond donors (Lipinski definition) is 1. The van der Waals surface area contributed by atoms with Crippen molar-refractivity contribution >= 4 is 0 Å². The minimum absolute atomic E-state index is 0. The molecular weight excluding hydrogens is 179 g/mol. The predicted octanol–water partition coefficient (Wildman–Crippen LogP) is 2.95. The fourth-order valence-corrected chi connectivity index (χ4v) is 1.78. The lowest BCUT2D eigenvalue weighted by atomic mass is 9.74. The number of alkyl halides is 1. The van der Waals surface area contributed by atoms with E-state index in [9.17, 15) is 4.39 Å². The highest BCUT2D eigenvalue weighted by Gasteiger charge is 2.45. The van der Waals surface area contributed by atoms with Gasteiger partial charge in [-0.1, -0.05) is 37.3 Å². The van der Waals surface area contributed by atoms with Crippen molar-refractivity contribution in [2.24, 2.45) is 0 Å². The molecule has 0 atom stereocenters. The molecule has 0 bridgehead atoms. The van der Waals surface area contributed by atoms with E-state index in [-0.39, 0.29) is 20.3 Å². The summed E-state index contributed by atoms with van der Waals surface area (Å²) in [5.41, 5.74) is 0.559. The van der Waals surface area contributed by atoms with Crippen molar-refractivity contribution < 1.29 is 9.50 Å². The van der Waals surface area contributed by atoms with Gasteiger partial charge in [-0.2, -0.15) is 0 Å². The van der Waals surface area contributed by atoms with Crippen LogP contribution in [0.4, 0.5) is 4.39 Å². The maximum atomic E-state index is 13.9. The summed E-state index contributed by atoms with van der Waals surface area (Å²) in [4.78, 5) is 0. The molecule has 1 aromatic rings. The Balaban J connectivity index is 0.000000980. The quantitative estimate of drug-likeness (QED) is 0.732. The monoisotopic (exact) mass is 196 g/mol. The minimum atomic E-state index is -1.27. The molecule has 0 spiro atoms. The van der Waals surface area contributed by atoms with E-state index in [4.69, 9.17) is 5.11 Å². The molecule has 1 fully saturated rings. The summed E-state index contributed by atoms with van der Waals surface area (Å²) in [6.45, 7) is 1.98. The van der Waals surface area contributed by atoms with E-state index in [1.54, 1.807) is 12.1 Å². The summed E-state index contributed by atoms with van der Waals surface area (Å²) in [7, 11) is 0. The van der Waals surface area contributed by atoms with Gasteiger partial charge in [0, 0.05) is 12.8 Å². The molecule has 78 valence electrons. The lowest BCUT2D eigenvalue weighted by Gasteiger charge is -2.38. The molecule has 1 aromatic carbocycles. The number of aliphatic hydroxyl groups excluding tert-OH is 1. The Labute approximate surface area is 84.6 Å². The molecule has 1 N–H and O–H groups in total. The van der Waals surface area contributed by atoms with Gasteiger partial charge in [0.15, 0.2) is 0 Å². The van der Waals surface area contributed by atoms with Gasteiger partial charge in [0.1, 0.15) is 5.67 Å². The van der Waals surface area contributed by atoms with Crippen molar-refractivity contribution in [3.05, 3.63) is 35.4 Å². The molecule has 0 aliphatic heterocycles. The smallest absolute Gasteiger partial charge is 0.140 e. The van der Waals surface area contributed by atoms with Crippen LogP contribution < -0.4 is 0 Å². The average molecular weight is 196 g/mol. The third-order valence-electron chi connectivity index (χ3n) is 2.69. The highest BCUT2D eigenvalue weighted by molar-refractivity contribution is 5.29. The van der Waals surface area contributed by atoms with Crippen LogP contribution in [-0.4, -0.2) is 11.2 Å². The van der Waals surface area contributed by atoms with Gasteiger partial charge in [-0.3, -0.25) is 0 Å². The Hall–Kier alpha value is -0.890. The van der Waals surface area contributed by atoms with Crippen molar-refractivity contribution in [3.8, 4) is 0 Å². The summed E-state index contributed by atoms with van der Waals surface area (Å²) < 4.78 is 13.9. The maximum absolute atomic E-state index is 13.9. The zero-order chi connectivity index (χ0) is 9.47. The van der Waals surface area contributed by atoms with E-state index in [0.717, 1.165) is 5.56 Å². The van der Waals surface area contributed by atoms with Crippen LogP contribution in [0.3, 0.4) is 0 Å². The fourth-order valence-electron chi connectivity index (χ4n) is 1.78. The molecule has 1 nitrogen and oxygen atoms in total. The van der Waals surface area contributed by atoms with Crippen LogP contribution in [0.2, 0.25) is 0 Å². The van der Waals surface area contributed by atoms with E-state index in [0.29, 0.717) is 5.56 Å². The third kappa shape index (κ3) is 1.80. The molecule has 1 aliphatic carbocycles. The van der Waals surface area contributed by atoms with Crippen molar-refractivity contribution in [2.45, 2.75) is 39.0 Å². The molecule has 0 aromatic heterocycles. The molecule has 2 heteroatoms. The summed E-state index contributed by atoms with van der Waals surface area (Å²) in [5, 5.41) is 9.06. The van der Waals surface area contributed by atoms with E-state index >= 15 is 0 Å². The van der Waals surface area contributed by atoms with Crippen molar-refractivity contribution in [1.29, 1.82) is 0 Å². The van der Waals surface area contributed by atoms with E-state index < -0.39 is 11.8 Å². The summed E-state index contributed by atoms with van der Waals surface area (Å²) in [6.07, 6.45) is 0.0397. The zero-order valence-corrected chi connectivity index (χ0v) is 7.63. The lowest BCUT2D eigenvalue weighted by Crippen LogP contribution is -2.40. The molecule has 0 radical (unpaired) electrons. The van der Waals surface area contributed by atoms with Crippen LogP contribution in [0.1, 0.15) is 31.4 Å². The zero-order valence-electron chi connectivity index (χ0n) is 7.63. The van der Waals surface area contributed by atoms with Gasteiger partial charge >= 0.3 is 0 Å². The van der Waals surface area contributed by atoms with Crippen LogP contribution in [0, 0.1) is 6.92 Å². The topological polar surface area (TPSA) is 20.2 Å². The molecular formula is C12H17FO. The van der Waals surface area contributed by atoms with Crippen LogP contribution >= 0.6 is 0 Å². The Bertz CT molecular complexity index is 299. The highest BCUT2D eigenvalue weighted by Crippen LogP contribution is 2.45. The number of aryl methyl sites for hydroxylation is 1. The first-order valence-electron chi connectivity index (χ1n) is 4.54. The fraction of sp³-hybridized carbons (Fsp3) is 0.500. The Morgan fingerprint density at radius 1 is 1.29 bits per heavy atom. The lowest BCUT2D eigenvalue weighted by molar-refractivity contribution is -0.0606. The van der Waals surface area contributed by atoms with E-state index in [1.165, 1.54) is 0 Å². The Morgan fingerprint density at radius 2 is 1.79 bits per heavy atom. The van der Waals surface area contributed by atoms with Crippen LogP contribution in [0.5, 0.6) is 0 Å². The number of hydrogen-bond acceptors (Lipinski definition) is 1. The first-order chi connectivity index (χ1) is 6.10. The first kappa shape index (κ1) is 11.2. The second kappa shape index (κ2) is 3.70. The van der Waals surface area contributed by atoms with Crippen LogP contribution in [0.25, 0.3) is 0 Å². The largest absolute Gasteiger partial charge is 0.393 e. The molecule has 0 amide bonds. The van der Waals surface area contributed by atoms with Crippen molar-refractivity contribution in [3.63, 3.8) is 0 Å². The predicted molar refractivity (Wildman–Crippen MR) is 55.9 cm³/mol. The van der Waals surface area contributed by atoms with Crippen molar-refractivity contribution in [1.82, 2.24) is 0 Å². The molecule has 14 heavy (non-hydrogen) atoms.